The summed E-state index contributed by atoms with van der Waals surface area (Å²) in [7, 11) is 0. The molecule has 0 unspecified atom stereocenters. The number of hydrogen-bond donors (Lipinski definition) is 2. The van der Waals surface area contributed by atoms with Gasteiger partial charge in [-0.1, -0.05) is 6.07 Å². The Balaban J connectivity index is 1.96. The minimum Gasteiger partial charge on any atom is -0.393 e. The smallest absolute Gasteiger partial charge is 0.271 e. The normalized spacial score (nSPS) is 16.7. The zero-order valence-corrected chi connectivity index (χ0v) is 11.9. The summed E-state index contributed by atoms with van der Waals surface area (Å²) in [6.07, 6.45) is 1.06. The van der Waals surface area contributed by atoms with E-state index in [4.69, 9.17) is 0 Å². The molecule has 0 bridgehead atoms. The van der Waals surface area contributed by atoms with E-state index in [1.807, 2.05) is 4.90 Å². The fourth-order valence-electron chi connectivity index (χ4n) is 2.33. The van der Waals surface area contributed by atoms with Gasteiger partial charge in [-0.05, 0) is 25.3 Å². The van der Waals surface area contributed by atoms with Gasteiger partial charge >= 0.3 is 0 Å². The molecule has 7 heteroatoms. The second-order valence-corrected chi connectivity index (χ2v) is 5.31. The van der Waals surface area contributed by atoms with Gasteiger partial charge in [0.1, 0.15) is 0 Å². The number of benzene rings is 1. The first-order valence-corrected chi connectivity index (χ1v) is 6.91. The van der Waals surface area contributed by atoms with Crippen LogP contribution in [0.25, 0.3) is 0 Å². The Morgan fingerprint density at radius 3 is 2.76 bits per heavy atom. The Morgan fingerprint density at radius 1 is 1.48 bits per heavy atom. The van der Waals surface area contributed by atoms with Crippen LogP contribution >= 0.6 is 0 Å². The van der Waals surface area contributed by atoms with Crippen LogP contribution < -0.4 is 5.32 Å². The summed E-state index contributed by atoms with van der Waals surface area (Å²) < 4.78 is 0. The monoisotopic (exact) mass is 293 g/mol. The maximum absolute atomic E-state index is 12.0. The van der Waals surface area contributed by atoms with Crippen LogP contribution in [-0.4, -0.2) is 46.6 Å². The number of aryl methyl sites for hydroxylation is 1. The molecule has 114 valence electrons. The zero-order chi connectivity index (χ0) is 15.4. The van der Waals surface area contributed by atoms with E-state index in [1.165, 1.54) is 12.1 Å². The number of nitrogens with one attached hydrogen (secondary N) is 1. The third kappa shape index (κ3) is 4.24. The molecule has 1 saturated heterocycles. The number of carbonyl (C=O) groups excluding carboxylic acids is 1. The van der Waals surface area contributed by atoms with E-state index in [0.29, 0.717) is 31.6 Å². The van der Waals surface area contributed by atoms with Crippen LogP contribution in [0.4, 0.5) is 11.4 Å². The third-order valence-corrected chi connectivity index (χ3v) is 3.63. The summed E-state index contributed by atoms with van der Waals surface area (Å²) in [6, 6.07) is 4.40. The van der Waals surface area contributed by atoms with Crippen molar-refractivity contribution in [3.63, 3.8) is 0 Å². The number of piperidine rings is 1. The predicted molar refractivity (Wildman–Crippen MR) is 78.1 cm³/mol. The maximum atomic E-state index is 12.0. The Bertz CT molecular complexity index is 539. The Hall–Kier alpha value is -1.99. The number of nitro benzene ring substituents is 1. The van der Waals surface area contributed by atoms with Crippen molar-refractivity contribution < 1.29 is 14.8 Å². The highest BCUT2D eigenvalue weighted by Crippen LogP contribution is 2.21. The number of likely N-dealkylation sites (tertiary alicyclic amines) is 1. The van der Waals surface area contributed by atoms with Gasteiger partial charge < -0.3 is 10.4 Å². The van der Waals surface area contributed by atoms with Crippen LogP contribution in [0.5, 0.6) is 0 Å². The lowest BCUT2D eigenvalue weighted by Gasteiger charge is -2.28. The van der Waals surface area contributed by atoms with E-state index >= 15 is 0 Å². The average Bonchev–Trinajstić information content (AvgIpc) is 2.43. The van der Waals surface area contributed by atoms with E-state index in [9.17, 15) is 20.0 Å². The van der Waals surface area contributed by atoms with Crippen LogP contribution in [0.1, 0.15) is 18.4 Å². The Kier molecular flexibility index (Phi) is 4.87. The van der Waals surface area contributed by atoms with Crippen LogP contribution in [-0.2, 0) is 4.79 Å². The molecule has 0 spiro atoms. The minimum absolute atomic E-state index is 0.0444. The van der Waals surface area contributed by atoms with Gasteiger partial charge in [0.05, 0.1) is 23.3 Å². The van der Waals surface area contributed by atoms with Crippen LogP contribution in [0.2, 0.25) is 0 Å². The average molecular weight is 293 g/mol. The number of rotatable bonds is 4. The van der Waals surface area contributed by atoms with Gasteiger partial charge in [-0.25, -0.2) is 0 Å². The van der Waals surface area contributed by atoms with Crippen molar-refractivity contribution in [3.8, 4) is 0 Å². The number of nitro groups is 1. The van der Waals surface area contributed by atoms with Crippen molar-refractivity contribution in [1.82, 2.24) is 4.90 Å². The van der Waals surface area contributed by atoms with Gasteiger partial charge in [0.15, 0.2) is 0 Å². The fraction of sp³-hybridized carbons (Fsp3) is 0.500. The van der Waals surface area contributed by atoms with Crippen molar-refractivity contribution >= 4 is 17.3 Å². The molecule has 0 radical (unpaired) electrons. The van der Waals surface area contributed by atoms with Crippen molar-refractivity contribution in [2.45, 2.75) is 25.9 Å². The Labute approximate surface area is 122 Å². The second kappa shape index (κ2) is 6.64. The number of anilines is 1. The molecule has 1 amide bonds. The van der Waals surface area contributed by atoms with E-state index in [0.717, 1.165) is 5.56 Å². The predicted octanol–water partition coefficient (Wildman–Crippen LogP) is 1.30. The number of aliphatic hydroxyl groups is 1. The molecule has 7 nitrogen and oxygen atoms in total. The molecular weight excluding hydrogens is 274 g/mol. The maximum Gasteiger partial charge on any atom is 0.271 e. The molecule has 1 fully saturated rings. The lowest BCUT2D eigenvalue weighted by molar-refractivity contribution is -0.384. The molecule has 1 heterocycles. The molecule has 1 aliphatic rings. The molecular formula is C14H19N3O4. The SMILES string of the molecule is Cc1ccc([N+](=O)[O-])cc1NC(=O)CN1CCC(O)CC1. The molecule has 2 N–H and O–H groups in total. The number of aliphatic hydroxyl groups excluding tert-OH is 1. The minimum atomic E-state index is -0.485. The molecule has 0 atom stereocenters. The topological polar surface area (TPSA) is 95.7 Å². The van der Waals surface area contributed by atoms with Crippen molar-refractivity contribution in [3.05, 3.63) is 33.9 Å². The molecule has 0 aliphatic carbocycles. The lowest BCUT2D eigenvalue weighted by Crippen LogP contribution is -2.40. The quantitative estimate of drug-likeness (QED) is 0.644. The Morgan fingerprint density at radius 2 is 2.14 bits per heavy atom. The number of non-ortho nitro benzene ring substituents is 1. The second-order valence-electron chi connectivity index (χ2n) is 5.31. The number of nitrogens with zero attached hydrogens (tertiary/aromatic N) is 2. The standard InChI is InChI=1S/C14H19N3O4/c1-10-2-3-11(17(20)21)8-13(10)15-14(19)9-16-6-4-12(18)5-7-16/h2-3,8,12,18H,4-7,9H2,1H3,(H,15,19). The first-order valence-electron chi connectivity index (χ1n) is 6.91. The van der Waals surface area contributed by atoms with Crippen LogP contribution in [0.3, 0.4) is 0 Å². The van der Waals surface area contributed by atoms with Gasteiger partial charge in [0.25, 0.3) is 5.69 Å². The lowest BCUT2D eigenvalue weighted by atomic mass is 10.1. The van der Waals surface area contributed by atoms with E-state index < -0.39 is 4.92 Å². The molecule has 21 heavy (non-hydrogen) atoms. The summed E-state index contributed by atoms with van der Waals surface area (Å²) in [5.74, 6) is -0.199. The molecule has 1 aromatic carbocycles. The van der Waals surface area contributed by atoms with Gasteiger partial charge in [0.2, 0.25) is 5.91 Å². The fourth-order valence-corrected chi connectivity index (χ4v) is 2.33. The number of amides is 1. The van der Waals surface area contributed by atoms with Gasteiger partial charge in [-0.2, -0.15) is 0 Å². The van der Waals surface area contributed by atoms with E-state index in [1.54, 1.807) is 13.0 Å². The molecule has 0 saturated carbocycles. The molecule has 0 aromatic heterocycles. The van der Waals surface area contributed by atoms with Crippen LogP contribution in [0.15, 0.2) is 18.2 Å². The zero-order valence-electron chi connectivity index (χ0n) is 11.9. The van der Waals surface area contributed by atoms with Gasteiger partial charge in [0, 0.05) is 25.2 Å². The first-order chi connectivity index (χ1) is 9.95. The summed E-state index contributed by atoms with van der Waals surface area (Å²) in [6.45, 7) is 3.39. The summed E-state index contributed by atoms with van der Waals surface area (Å²) in [4.78, 5) is 24.3. The number of carbonyl (C=O) groups is 1. The van der Waals surface area contributed by atoms with E-state index in [2.05, 4.69) is 5.32 Å². The van der Waals surface area contributed by atoms with Crippen molar-refractivity contribution in [2.24, 2.45) is 0 Å². The highest BCUT2D eigenvalue weighted by Gasteiger charge is 2.19. The first kappa shape index (κ1) is 15.4. The molecule has 1 aliphatic heterocycles. The summed E-state index contributed by atoms with van der Waals surface area (Å²) in [5, 5.41) is 22.9. The largest absolute Gasteiger partial charge is 0.393 e. The number of hydrogen-bond acceptors (Lipinski definition) is 5. The van der Waals surface area contributed by atoms with Crippen molar-refractivity contribution in [1.29, 1.82) is 0 Å². The van der Waals surface area contributed by atoms with Crippen molar-refractivity contribution in [2.75, 3.05) is 25.0 Å². The summed E-state index contributed by atoms with van der Waals surface area (Å²) in [5.41, 5.74) is 1.20. The molecule has 2 rings (SSSR count). The molecule has 1 aromatic rings. The third-order valence-electron chi connectivity index (χ3n) is 3.63. The van der Waals surface area contributed by atoms with Gasteiger partial charge in [-0.3, -0.25) is 19.8 Å². The highest BCUT2D eigenvalue weighted by molar-refractivity contribution is 5.93. The highest BCUT2D eigenvalue weighted by atomic mass is 16.6. The van der Waals surface area contributed by atoms with E-state index in [-0.39, 0.29) is 24.2 Å². The van der Waals surface area contributed by atoms with Gasteiger partial charge in [-0.15, -0.1) is 0 Å². The van der Waals surface area contributed by atoms with Crippen LogP contribution in [0, 0.1) is 17.0 Å². The summed E-state index contributed by atoms with van der Waals surface area (Å²) >= 11 is 0.